The average Bonchev–Trinajstić information content (AvgIpc) is 2.44. The Hall–Kier alpha value is -1.40. The van der Waals surface area contributed by atoms with Crippen LogP contribution in [0.1, 0.15) is 56.0 Å². The molecule has 0 radical (unpaired) electrons. The Morgan fingerprint density at radius 2 is 1.91 bits per heavy atom. The summed E-state index contributed by atoms with van der Waals surface area (Å²) in [5.74, 6) is -0.238. The van der Waals surface area contributed by atoms with Crippen molar-refractivity contribution in [3.05, 3.63) is 29.3 Å². The average molecular weight is 326 g/mol. The van der Waals surface area contributed by atoms with E-state index in [9.17, 15) is 13.2 Å². The monoisotopic (exact) mass is 326 g/mol. The van der Waals surface area contributed by atoms with Gasteiger partial charge in [-0.15, -0.1) is 0 Å². The smallest absolute Gasteiger partial charge is 0.251 e. The Labute approximate surface area is 133 Å². The minimum atomic E-state index is -3.60. The van der Waals surface area contributed by atoms with Crippen LogP contribution < -0.4 is 10.0 Å². The maximum absolute atomic E-state index is 12.4. The summed E-state index contributed by atoms with van der Waals surface area (Å²) in [6.07, 6.45) is 2.51. The van der Waals surface area contributed by atoms with Crippen LogP contribution in [0.4, 0.5) is 0 Å². The summed E-state index contributed by atoms with van der Waals surface area (Å²) in [5, 5.41) is 2.78. The summed E-state index contributed by atoms with van der Waals surface area (Å²) in [6, 6.07) is 4.52. The van der Waals surface area contributed by atoms with E-state index in [0.717, 1.165) is 24.8 Å². The lowest BCUT2D eigenvalue weighted by Gasteiger charge is -2.14. The Morgan fingerprint density at radius 1 is 1.23 bits per heavy atom. The van der Waals surface area contributed by atoms with Gasteiger partial charge in [0.2, 0.25) is 10.0 Å². The summed E-state index contributed by atoms with van der Waals surface area (Å²) in [6.45, 7) is 8.18. The van der Waals surface area contributed by atoms with Gasteiger partial charge in [-0.1, -0.05) is 26.3 Å². The first kappa shape index (κ1) is 18.6. The van der Waals surface area contributed by atoms with E-state index in [-0.39, 0.29) is 16.8 Å². The molecular formula is C16H26N2O3S. The second-order valence-corrected chi connectivity index (χ2v) is 7.26. The van der Waals surface area contributed by atoms with Crippen LogP contribution in [0.3, 0.4) is 0 Å². The van der Waals surface area contributed by atoms with E-state index in [2.05, 4.69) is 10.0 Å². The van der Waals surface area contributed by atoms with Gasteiger partial charge in [-0.25, -0.2) is 13.1 Å². The molecule has 2 N–H and O–H groups in total. The molecule has 0 spiro atoms. The lowest BCUT2D eigenvalue weighted by molar-refractivity contribution is 0.0953. The second kappa shape index (κ2) is 8.29. The molecule has 0 heterocycles. The van der Waals surface area contributed by atoms with Gasteiger partial charge in [0.15, 0.2) is 0 Å². The molecule has 5 nitrogen and oxygen atoms in total. The molecule has 1 aromatic carbocycles. The van der Waals surface area contributed by atoms with E-state index < -0.39 is 10.0 Å². The standard InChI is InChI=1S/C16H26N2O3S/c1-5-7-13(4)18-22(20,21)14-9-8-12(3)15(11-14)16(19)17-10-6-2/h8-9,11,13,18H,5-7,10H2,1-4H3,(H,17,19)/t13-/m1/s1. The number of hydrogen-bond acceptors (Lipinski definition) is 3. The van der Waals surface area contributed by atoms with E-state index >= 15 is 0 Å². The number of benzene rings is 1. The topological polar surface area (TPSA) is 75.3 Å². The summed E-state index contributed by atoms with van der Waals surface area (Å²) >= 11 is 0. The predicted molar refractivity (Wildman–Crippen MR) is 88.5 cm³/mol. The van der Waals surface area contributed by atoms with E-state index in [4.69, 9.17) is 0 Å². The van der Waals surface area contributed by atoms with Gasteiger partial charge in [-0.3, -0.25) is 4.79 Å². The quantitative estimate of drug-likeness (QED) is 0.771. The summed E-state index contributed by atoms with van der Waals surface area (Å²) in [5.41, 5.74) is 1.16. The number of aryl methyl sites for hydroxylation is 1. The van der Waals surface area contributed by atoms with E-state index in [1.165, 1.54) is 12.1 Å². The van der Waals surface area contributed by atoms with Gasteiger partial charge in [-0.2, -0.15) is 0 Å². The summed E-state index contributed by atoms with van der Waals surface area (Å²) < 4.78 is 27.4. The predicted octanol–water partition coefficient (Wildman–Crippen LogP) is 2.60. The molecule has 0 aliphatic carbocycles. The molecule has 1 atom stereocenters. The molecule has 0 bridgehead atoms. The summed E-state index contributed by atoms with van der Waals surface area (Å²) in [4.78, 5) is 12.2. The first-order valence-corrected chi connectivity index (χ1v) is 9.21. The van der Waals surface area contributed by atoms with E-state index in [1.54, 1.807) is 13.0 Å². The van der Waals surface area contributed by atoms with Crippen LogP contribution >= 0.6 is 0 Å². The first-order valence-electron chi connectivity index (χ1n) is 7.73. The van der Waals surface area contributed by atoms with Crippen LogP contribution in [0, 0.1) is 6.92 Å². The maximum Gasteiger partial charge on any atom is 0.251 e. The number of hydrogen-bond donors (Lipinski definition) is 2. The van der Waals surface area contributed by atoms with Crippen molar-refractivity contribution in [3.63, 3.8) is 0 Å². The molecule has 1 aromatic rings. The molecule has 124 valence electrons. The van der Waals surface area contributed by atoms with Crippen LogP contribution in [0.5, 0.6) is 0 Å². The van der Waals surface area contributed by atoms with Gasteiger partial charge in [0.05, 0.1) is 4.90 Å². The van der Waals surface area contributed by atoms with Gasteiger partial charge >= 0.3 is 0 Å². The molecular weight excluding hydrogens is 300 g/mol. The van der Waals surface area contributed by atoms with E-state index in [0.29, 0.717) is 12.1 Å². The molecule has 6 heteroatoms. The van der Waals surface area contributed by atoms with Crippen LogP contribution in [0.2, 0.25) is 0 Å². The number of amides is 1. The fraction of sp³-hybridized carbons (Fsp3) is 0.562. The van der Waals surface area contributed by atoms with Gasteiger partial charge in [0.1, 0.15) is 0 Å². The molecule has 1 amide bonds. The highest BCUT2D eigenvalue weighted by molar-refractivity contribution is 7.89. The third-order valence-electron chi connectivity index (χ3n) is 3.38. The fourth-order valence-corrected chi connectivity index (χ4v) is 3.48. The molecule has 1 rings (SSSR count). The van der Waals surface area contributed by atoms with Crippen molar-refractivity contribution in [2.45, 2.75) is 57.9 Å². The molecule has 0 aliphatic rings. The summed E-state index contributed by atoms with van der Waals surface area (Å²) in [7, 11) is -3.60. The zero-order valence-corrected chi connectivity index (χ0v) is 14.6. The molecule has 0 saturated heterocycles. The van der Waals surface area contributed by atoms with Crippen LogP contribution in [0.25, 0.3) is 0 Å². The van der Waals surface area contributed by atoms with Crippen molar-refractivity contribution < 1.29 is 13.2 Å². The van der Waals surface area contributed by atoms with E-state index in [1.807, 2.05) is 20.8 Å². The van der Waals surface area contributed by atoms with Crippen LogP contribution in [-0.4, -0.2) is 26.9 Å². The van der Waals surface area contributed by atoms with Gasteiger partial charge in [-0.05, 0) is 44.4 Å². The second-order valence-electron chi connectivity index (χ2n) is 5.54. The van der Waals surface area contributed by atoms with Crippen molar-refractivity contribution in [1.82, 2.24) is 10.0 Å². The van der Waals surface area contributed by atoms with Crippen LogP contribution in [0.15, 0.2) is 23.1 Å². The Morgan fingerprint density at radius 3 is 2.50 bits per heavy atom. The number of carbonyl (C=O) groups excluding carboxylic acids is 1. The highest BCUT2D eigenvalue weighted by atomic mass is 32.2. The molecule has 0 aromatic heterocycles. The molecule has 0 saturated carbocycles. The molecule has 22 heavy (non-hydrogen) atoms. The largest absolute Gasteiger partial charge is 0.352 e. The zero-order chi connectivity index (χ0) is 16.8. The number of rotatable bonds is 8. The Balaban J connectivity index is 3.03. The number of carbonyl (C=O) groups is 1. The van der Waals surface area contributed by atoms with Crippen molar-refractivity contribution >= 4 is 15.9 Å². The van der Waals surface area contributed by atoms with Crippen LogP contribution in [-0.2, 0) is 10.0 Å². The molecule has 0 unspecified atom stereocenters. The van der Waals surface area contributed by atoms with Crippen molar-refractivity contribution in [1.29, 1.82) is 0 Å². The van der Waals surface area contributed by atoms with Gasteiger partial charge in [0.25, 0.3) is 5.91 Å². The number of sulfonamides is 1. The molecule has 0 fully saturated rings. The van der Waals surface area contributed by atoms with Crippen molar-refractivity contribution in [3.8, 4) is 0 Å². The first-order chi connectivity index (χ1) is 10.3. The number of nitrogens with one attached hydrogen (secondary N) is 2. The lowest BCUT2D eigenvalue weighted by Crippen LogP contribution is -2.32. The highest BCUT2D eigenvalue weighted by Gasteiger charge is 2.19. The zero-order valence-electron chi connectivity index (χ0n) is 13.8. The third-order valence-corrected chi connectivity index (χ3v) is 4.96. The van der Waals surface area contributed by atoms with Gasteiger partial charge < -0.3 is 5.32 Å². The van der Waals surface area contributed by atoms with Crippen molar-refractivity contribution in [2.24, 2.45) is 0 Å². The molecule has 0 aliphatic heterocycles. The van der Waals surface area contributed by atoms with Gasteiger partial charge in [0, 0.05) is 18.2 Å². The minimum Gasteiger partial charge on any atom is -0.352 e. The maximum atomic E-state index is 12.4. The lowest BCUT2D eigenvalue weighted by atomic mass is 10.1. The fourth-order valence-electron chi connectivity index (χ4n) is 2.17. The highest BCUT2D eigenvalue weighted by Crippen LogP contribution is 2.16. The minimum absolute atomic E-state index is 0.128. The Kier molecular flexibility index (Phi) is 7.03. The normalized spacial score (nSPS) is 12.9. The Bertz CT molecular complexity index is 612. The third kappa shape index (κ3) is 5.10. The van der Waals surface area contributed by atoms with Crippen molar-refractivity contribution in [2.75, 3.05) is 6.54 Å². The SMILES string of the molecule is CCCNC(=O)c1cc(S(=O)(=O)N[C@H](C)CCC)ccc1C.